The van der Waals surface area contributed by atoms with E-state index in [9.17, 15) is 19.5 Å². The Labute approximate surface area is 507 Å². The van der Waals surface area contributed by atoms with Crippen molar-refractivity contribution in [2.45, 2.75) is 328 Å². The zero-order valence-corrected chi connectivity index (χ0v) is 54.4. The van der Waals surface area contributed by atoms with Crippen LogP contribution in [0.25, 0.3) is 0 Å². The Morgan fingerprint density at radius 2 is 0.695 bits per heavy atom. The number of unbranched alkanes of at least 4 members (excludes halogenated alkanes) is 37. The summed E-state index contributed by atoms with van der Waals surface area (Å²) in [5, 5.41) is 9.74. The van der Waals surface area contributed by atoms with Crippen LogP contribution < -0.4 is 0 Å². The molecule has 0 aliphatic carbocycles. The van der Waals surface area contributed by atoms with E-state index in [1.54, 1.807) is 0 Å². The third-order valence-electron chi connectivity index (χ3n) is 15.2. The molecule has 0 aliphatic heterocycles. The predicted octanol–water partition coefficient (Wildman–Crippen LogP) is 21.3. The summed E-state index contributed by atoms with van der Waals surface area (Å²) < 4.78 is 23.0. The van der Waals surface area contributed by atoms with Gasteiger partial charge in [-0.25, -0.2) is 4.79 Å². The molecule has 0 aromatic heterocycles. The minimum atomic E-state index is -1.52. The monoisotopic (exact) mass is 1150 g/mol. The van der Waals surface area contributed by atoms with Gasteiger partial charge < -0.3 is 28.5 Å². The highest BCUT2D eigenvalue weighted by Gasteiger charge is 2.25. The molecule has 0 spiro atoms. The van der Waals surface area contributed by atoms with Crippen molar-refractivity contribution in [3.8, 4) is 0 Å². The highest BCUT2D eigenvalue weighted by Crippen LogP contribution is 2.18. The molecule has 9 heteroatoms. The number of hydrogen-bond acceptors (Lipinski definition) is 7. The summed E-state index contributed by atoms with van der Waals surface area (Å²) in [4.78, 5) is 37.6. The molecule has 0 heterocycles. The molecule has 0 aromatic carbocycles. The first kappa shape index (κ1) is 78.7. The van der Waals surface area contributed by atoms with Crippen LogP contribution in [0.4, 0.5) is 0 Å². The Bertz CT molecular complexity index is 1570. The highest BCUT2D eigenvalue weighted by molar-refractivity contribution is 5.71. The van der Waals surface area contributed by atoms with Crippen LogP contribution in [0.3, 0.4) is 0 Å². The van der Waals surface area contributed by atoms with E-state index >= 15 is 0 Å². The Kier molecular flexibility index (Phi) is 61.2. The largest absolute Gasteiger partial charge is 0.477 e. The standard InChI is InChI=1S/C73H131NO8/c1-6-8-10-12-14-16-18-20-22-24-26-28-30-32-33-34-35-36-37-38-40-41-43-45-47-49-51-53-55-57-59-61-63-70(75)80-67-69(68-81-73(72(77)78)79-66-65-74(3,4)5)82-71(76)64-62-60-58-56-54-52-50-48-46-44-42-39-31-29-27-25-23-21-19-17-15-13-11-9-7-2/h9,11,15,17,21,23,27,29,39,42,46,48,69,73H,6-8,10,12-14,16,18-20,22,24-26,28,30-38,40-41,43-45,47,49-68H2,1-5H3/p+1/b11-9-,17-15-,23-21-,29-27-,42-39-,48-46-. The Morgan fingerprint density at radius 1 is 0.378 bits per heavy atom. The van der Waals surface area contributed by atoms with E-state index in [1.165, 1.54) is 186 Å². The highest BCUT2D eigenvalue weighted by atomic mass is 16.7. The van der Waals surface area contributed by atoms with E-state index in [-0.39, 0.29) is 32.2 Å². The van der Waals surface area contributed by atoms with Crippen molar-refractivity contribution in [1.82, 2.24) is 0 Å². The predicted molar refractivity (Wildman–Crippen MR) is 350 cm³/mol. The molecule has 0 amide bonds. The topological polar surface area (TPSA) is 108 Å². The van der Waals surface area contributed by atoms with Gasteiger partial charge in [0.15, 0.2) is 6.10 Å². The third kappa shape index (κ3) is 64.3. The molecule has 0 radical (unpaired) electrons. The number of nitrogens with zero attached hydrogens (tertiary/aromatic N) is 1. The van der Waals surface area contributed by atoms with Gasteiger partial charge in [-0.05, 0) is 64.2 Å². The summed E-state index contributed by atoms with van der Waals surface area (Å²) in [7, 11) is 5.97. The van der Waals surface area contributed by atoms with E-state index in [2.05, 4.69) is 86.8 Å². The third-order valence-corrected chi connectivity index (χ3v) is 15.2. The van der Waals surface area contributed by atoms with Crippen molar-refractivity contribution in [2.24, 2.45) is 0 Å². The molecule has 0 rings (SSSR count). The number of allylic oxidation sites excluding steroid dienone is 12. The van der Waals surface area contributed by atoms with E-state index in [4.69, 9.17) is 18.9 Å². The molecule has 2 atom stereocenters. The summed E-state index contributed by atoms with van der Waals surface area (Å²) in [6.07, 6.45) is 81.6. The minimum absolute atomic E-state index is 0.183. The number of esters is 2. The number of rotatable bonds is 64. The SMILES string of the molecule is CC/C=C\C/C=C\C/C=C\C/C=C\C/C=C\C/C=C\CCCCCCCCC(=O)OC(COC(=O)CCCCCCCCCCCCCCCCCCCCCCCCCCCCCCCCCC)COC(OCC[N+](C)(C)C)C(=O)O. The number of carboxylic acids is 1. The molecule has 476 valence electrons. The molecular formula is C73H132NO8+. The molecule has 82 heavy (non-hydrogen) atoms. The Balaban J connectivity index is 4.11. The quantitative estimate of drug-likeness (QED) is 0.0211. The van der Waals surface area contributed by atoms with E-state index in [1.807, 2.05) is 21.1 Å². The minimum Gasteiger partial charge on any atom is -0.477 e. The van der Waals surface area contributed by atoms with Crippen LogP contribution in [0, 0.1) is 0 Å². The number of ether oxygens (including phenoxy) is 4. The van der Waals surface area contributed by atoms with Crippen molar-refractivity contribution in [3.05, 3.63) is 72.9 Å². The summed E-state index contributed by atoms with van der Waals surface area (Å²) in [5.74, 6) is -2.01. The van der Waals surface area contributed by atoms with Gasteiger partial charge in [0.05, 0.1) is 34.4 Å². The number of quaternary nitrogens is 1. The fraction of sp³-hybridized carbons (Fsp3) is 0.795. The zero-order valence-electron chi connectivity index (χ0n) is 54.4. The van der Waals surface area contributed by atoms with Crippen molar-refractivity contribution in [3.63, 3.8) is 0 Å². The number of carbonyl (C=O) groups excluding carboxylic acids is 2. The van der Waals surface area contributed by atoms with Gasteiger partial charge in [0.2, 0.25) is 0 Å². The first-order chi connectivity index (χ1) is 40.1. The summed E-state index contributed by atoms with van der Waals surface area (Å²) in [5.41, 5.74) is 0. The first-order valence-corrected chi connectivity index (χ1v) is 34.6. The van der Waals surface area contributed by atoms with Crippen LogP contribution in [0.1, 0.15) is 316 Å². The normalized spacial score (nSPS) is 13.1. The number of carbonyl (C=O) groups is 3. The van der Waals surface area contributed by atoms with E-state index in [0.29, 0.717) is 23.9 Å². The van der Waals surface area contributed by atoms with Gasteiger partial charge >= 0.3 is 17.9 Å². The second-order valence-electron chi connectivity index (χ2n) is 24.5. The Morgan fingerprint density at radius 3 is 1.04 bits per heavy atom. The average Bonchev–Trinajstić information content (AvgIpc) is 3.45. The lowest BCUT2D eigenvalue weighted by atomic mass is 10.0. The number of carboxylic acid groups (broad SMARTS) is 1. The van der Waals surface area contributed by atoms with Crippen molar-refractivity contribution >= 4 is 17.9 Å². The summed E-state index contributed by atoms with van der Waals surface area (Å²) >= 11 is 0. The molecule has 0 aliphatic rings. The van der Waals surface area contributed by atoms with Crippen LogP contribution in [0.15, 0.2) is 72.9 Å². The molecule has 0 saturated heterocycles. The first-order valence-electron chi connectivity index (χ1n) is 34.6. The molecular weight excluding hydrogens is 1020 g/mol. The maximum Gasteiger partial charge on any atom is 0.361 e. The molecule has 9 nitrogen and oxygen atoms in total. The van der Waals surface area contributed by atoms with Crippen molar-refractivity contribution in [2.75, 3.05) is 47.5 Å². The van der Waals surface area contributed by atoms with Crippen LogP contribution in [0.2, 0.25) is 0 Å². The van der Waals surface area contributed by atoms with Gasteiger partial charge in [-0.2, -0.15) is 0 Å². The second-order valence-corrected chi connectivity index (χ2v) is 24.5. The second kappa shape index (κ2) is 63.7. The molecule has 1 N–H and O–H groups in total. The maximum atomic E-state index is 12.9. The molecule has 2 unspecified atom stereocenters. The summed E-state index contributed by atoms with van der Waals surface area (Å²) in [6.45, 7) is 4.79. The molecule has 0 fully saturated rings. The molecule has 0 aromatic rings. The van der Waals surface area contributed by atoms with Gasteiger partial charge in [0, 0.05) is 12.8 Å². The lowest BCUT2D eigenvalue weighted by Crippen LogP contribution is -2.40. The van der Waals surface area contributed by atoms with Crippen LogP contribution in [-0.2, 0) is 33.3 Å². The Hall–Kier alpha value is -3.27. The van der Waals surface area contributed by atoms with Gasteiger partial charge in [-0.3, -0.25) is 9.59 Å². The van der Waals surface area contributed by atoms with E-state index < -0.39 is 24.3 Å². The average molecular weight is 1150 g/mol. The van der Waals surface area contributed by atoms with Crippen LogP contribution in [0.5, 0.6) is 0 Å². The zero-order chi connectivity index (χ0) is 59.8. The van der Waals surface area contributed by atoms with E-state index in [0.717, 1.165) is 96.3 Å². The number of hydrogen-bond donors (Lipinski definition) is 1. The number of aliphatic carboxylic acids is 1. The van der Waals surface area contributed by atoms with Gasteiger partial charge in [-0.1, -0.05) is 311 Å². The lowest BCUT2D eigenvalue weighted by Gasteiger charge is -2.25. The van der Waals surface area contributed by atoms with Crippen molar-refractivity contribution < 1.29 is 42.9 Å². The molecule has 0 saturated carbocycles. The van der Waals surface area contributed by atoms with Gasteiger partial charge in [0.1, 0.15) is 13.2 Å². The van der Waals surface area contributed by atoms with Crippen molar-refractivity contribution in [1.29, 1.82) is 0 Å². The van der Waals surface area contributed by atoms with Gasteiger partial charge in [0.25, 0.3) is 6.29 Å². The number of likely N-dealkylation sites (N-methyl/N-ethyl adjacent to an activating group) is 1. The maximum absolute atomic E-state index is 12.9. The fourth-order valence-electron chi connectivity index (χ4n) is 9.96. The summed E-state index contributed by atoms with van der Waals surface area (Å²) in [6, 6.07) is 0. The molecule has 0 bridgehead atoms. The lowest BCUT2D eigenvalue weighted by molar-refractivity contribution is -0.870. The van der Waals surface area contributed by atoms with Crippen LogP contribution in [-0.4, -0.2) is 87.4 Å². The van der Waals surface area contributed by atoms with Crippen LogP contribution >= 0.6 is 0 Å². The smallest absolute Gasteiger partial charge is 0.361 e. The van der Waals surface area contributed by atoms with Gasteiger partial charge in [-0.15, -0.1) is 0 Å². The fourth-order valence-corrected chi connectivity index (χ4v) is 9.96.